The van der Waals surface area contributed by atoms with Crippen molar-refractivity contribution in [1.82, 2.24) is 25.1 Å². The van der Waals surface area contributed by atoms with Crippen LogP contribution < -0.4 is 5.32 Å². The Hall–Kier alpha value is -2.28. The molecule has 0 bridgehead atoms. The monoisotopic (exact) mass is 327 g/mol. The Labute approximate surface area is 137 Å². The fourth-order valence-corrected chi connectivity index (χ4v) is 3.83. The summed E-state index contributed by atoms with van der Waals surface area (Å²) in [4.78, 5) is 16.9. The fourth-order valence-electron chi connectivity index (χ4n) is 2.87. The minimum atomic E-state index is -0.147. The second-order valence-corrected chi connectivity index (χ2v) is 6.75. The predicted octanol–water partition coefficient (Wildman–Crippen LogP) is 2.20. The third kappa shape index (κ3) is 2.84. The Balaban J connectivity index is 1.39. The Morgan fingerprint density at radius 2 is 2.17 bits per heavy atom. The van der Waals surface area contributed by atoms with E-state index in [0.29, 0.717) is 12.4 Å². The lowest BCUT2D eigenvalue weighted by Gasteiger charge is -2.14. The molecule has 118 valence electrons. The van der Waals surface area contributed by atoms with Gasteiger partial charge in [0.1, 0.15) is 5.82 Å². The van der Waals surface area contributed by atoms with Crippen molar-refractivity contribution in [3.05, 3.63) is 40.9 Å². The van der Waals surface area contributed by atoms with E-state index >= 15 is 0 Å². The van der Waals surface area contributed by atoms with Gasteiger partial charge in [-0.15, -0.1) is 21.5 Å². The standard InChI is InChI=1S/C16H17N5OS/c22-16(15-20-19-13-7-3-4-10-21(13)15)17-9-8-14-18-11-5-1-2-6-12(11)23-14/h1-2,5-6H,3-4,7-10H2,(H,17,22). The second kappa shape index (κ2) is 6.08. The highest BCUT2D eigenvalue weighted by Crippen LogP contribution is 2.21. The van der Waals surface area contributed by atoms with Crippen molar-refractivity contribution in [3.63, 3.8) is 0 Å². The molecule has 23 heavy (non-hydrogen) atoms. The molecule has 2 aromatic heterocycles. The maximum absolute atomic E-state index is 12.3. The molecule has 0 saturated carbocycles. The van der Waals surface area contributed by atoms with Gasteiger partial charge in [0, 0.05) is 25.9 Å². The van der Waals surface area contributed by atoms with Gasteiger partial charge in [-0.05, 0) is 25.0 Å². The van der Waals surface area contributed by atoms with E-state index in [2.05, 4.69) is 26.6 Å². The zero-order valence-corrected chi connectivity index (χ0v) is 13.5. The van der Waals surface area contributed by atoms with E-state index in [-0.39, 0.29) is 5.91 Å². The molecule has 6 nitrogen and oxygen atoms in total. The molecule has 0 fully saturated rings. The summed E-state index contributed by atoms with van der Waals surface area (Å²) in [6.07, 6.45) is 3.84. The molecule has 0 atom stereocenters. The molecule has 1 aromatic carbocycles. The van der Waals surface area contributed by atoms with Gasteiger partial charge in [0.05, 0.1) is 15.2 Å². The van der Waals surface area contributed by atoms with Crippen LogP contribution in [0.4, 0.5) is 0 Å². The van der Waals surface area contributed by atoms with Gasteiger partial charge >= 0.3 is 0 Å². The van der Waals surface area contributed by atoms with Crippen LogP contribution in [0.5, 0.6) is 0 Å². The summed E-state index contributed by atoms with van der Waals surface area (Å²) < 4.78 is 3.12. The van der Waals surface area contributed by atoms with Crippen LogP contribution in [-0.2, 0) is 19.4 Å². The number of carbonyl (C=O) groups excluding carboxylic acids is 1. The van der Waals surface area contributed by atoms with E-state index in [1.54, 1.807) is 11.3 Å². The molecule has 1 N–H and O–H groups in total. The van der Waals surface area contributed by atoms with Gasteiger partial charge in [-0.1, -0.05) is 12.1 Å². The van der Waals surface area contributed by atoms with Gasteiger partial charge < -0.3 is 9.88 Å². The number of para-hydroxylation sites is 1. The molecule has 7 heteroatoms. The summed E-state index contributed by atoms with van der Waals surface area (Å²) in [7, 11) is 0. The molecule has 4 rings (SSSR count). The van der Waals surface area contributed by atoms with Crippen molar-refractivity contribution in [3.8, 4) is 0 Å². The van der Waals surface area contributed by atoms with E-state index in [9.17, 15) is 4.79 Å². The highest BCUT2D eigenvalue weighted by molar-refractivity contribution is 7.18. The molecule has 0 saturated heterocycles. The molecule has 3 aromatic rings. The molecule has 1 aliphatic heterocycles. The third-order valence-corrected chi connectivity index (χ3v) is 5.12. The second-order valence-electron chi connectivity index (χ2n) is 5.63. The first-order valence-corrected chi connectivity index (χ1v) is 8.67. The first kappa shape index (κ1) is 14.3. The van der Waals surface area contributed by atoms with Crippen molar-refractivity contribution in [2.75, 3.05) is 6.54 Å². The molecule has 0 radical (unpaired) electrons. The number of aryl methyl sites for hydroxylation is 1. The summed E-state index contributed by atoms with van der Waals surface area (Å²) in [6.45, 7) is 1.39. The summed E-state index contributed by atoms with van der Waals surface area (Å²) in [5, 5.41) is 12.1. The number of fused-ring (bicyclic) bond motifs is 2. The summed E-state index contributed by atoms with van der Waals surface area (Å²) in [5.41, 5.74) is 1.02. The summed E-state index contributed by atoms with van der Waals surface area (Å²) in [6, 6.07) is 8.08. The lowest BCUT2D eigenvalue weighted by molar-refractivity contribution is 0.0938. The first-order chi connectivity index (χ1) is 11.3. The highest BCUT2D eigenvalue weighted by atomic mass is 32.1. The fraction of sp³-hybridized carbons (Fsp3) is 0.375. The van der Waals surface area contributed by atoms with Crippen LogP contribution >= 0.6 is 11.3 Å². The normalized spacial score (nSPS) is 13.9. The third-order valence-electron chi connectivity index (χ3n) is 4.03. The maximum Gasteiger partial charge on any atom is 0.289 e. The van der Waals surface area contributed by atoms with Gasteiger partial charge in [-0.25, -0.2) is 4.98 Å². The molecule has 0 unspecified atom stereocenters. The van der Waals surface area contributed by atoms with Crippen molar-refractivity contribution in [2.24, 2.45) is 0 Å². The Bertz CT molecular complexity index is 820. The lowest BCUT2D eigenvalue weighted by atomic mass is 10.2. The maximum atomic E-state index is 12.3. The van der Waals surface area contributed by atoms with Crippen LogP contribution in [0, 0.1) is 0 Å². The van der Waals surface area contributed by atoms with Gasteiger partial charge in [0.2, 0.25) is 5.82 Å². The smallest absolute Gasteiger partial charge is 0.289 e. The molecular formula is C16H17N5OS. The van der Waals surface area contributed by atoms with Crippen molar-refractivity contribution >= 4 is 27.5 Å². The SMILES string of the molecule is O=C(NCCc1nc2ccccc2s1)c1nnc2n1CCCC2. The average Bonchev–Trinajstić information content (AvgIpc) is 3.18. The zero-order valence-electron chi connectivity index (χ0n) is 12.7. The van der Waals surface area contributed by atoms with Crippen LogP contribution in [-0.4, -0.2) is 32.2 Å². The Morgan fingerprint density at radius 3 is 3.09 bits per heavy atom. The van der Waals surface area contributed by atoms with Crippen molar-refractivity contribution < 1.29 is 4.79 Å². The van der Waals surface area contributed by atoms with Crippen molar-refractivity contribution in [2.45, 2.75) is 32.2 Å². The molecule has 0 aliphatic carbocycles. The molecule has 0 spiro atoms. The quantitative estimate of drug-likeness (QED) is 0.797. The number of hydrogen-bond acceptors (Lipinski definition) is 5. The number of amides is 1. The van der Waals surface area contributed by atoms with Crippen LogP contribution in [0.2, 0.25) is 0 Å². The minimum Gasteiger partial charge on any atom is -0.349 e. The van der Waals surface area contributed by atoms with Gasteiger partial charge in [0.25, 0.3) is 5.91 Å². The largest absolute Gasteiger partial charge is 0.349 e. The van der Waals surface area contributed by atoms with E-state index < -0.39 is 0 Å². The number of nitrogens with zero attached hydrogens (tertiary/aromatic N) is 4. The molecule has 3 heterocycles. The first-order valence-electron chi connectivity index (χ1n) is 7.86. The molecular weight excluding hydrogens is 310 g/mol. The van der Waals surface area contributed by atoms with E-state index in [4.69, 9.17) is 0 Å². The van der Waals surface area contributed by atoms with E-state index in [1.807, 2.05) is 22.8 Å². The molecule has 1 amide bonds. The Kier molecular flexibility index (Phi) is 3.78. The van der Waals surface area contributed by atoms with Crippen LogP contribution in [0.25, 0.3) is 10.2 Å². The predicted molar refractivity (Wildman–Crippen MR) is 88.6 cm³/mol. The molecule has 1 aliphatic rings. The number of thiazole rings is 1. The van der Waals surface area contributed by atoms with Crippen LogP contribution in [0.15, 0.2) is 24.3 Å². The lowest BCUT2D eigenvalue weighted by Crippen LogP contribution is -2.29. The number of nitrogens with one attached hydrogen (secondary N) is 1. The minimum absolute atomic E-state index is 0.147. The van der Waals surface area contributed by atoms with E-state index in [1.165, 1.54) is 4.70 Å². The number of carbonyl (C=O) groups is 1. The van der Waals surface area contributed by atoms with Crippen LogP contribution in [0.3, 0.4) is 0 Å². The summed E-state index contributed by atoms with van der Waals surface area (Å²) >= 11 is 1.67. The highest BCUT2D eigenvalue weighted by Gasteiger charge is 2.20. The summed E-state index contributed by atoms with van der Waals surface area (Å²) in [5.74, 6) is 1.21. The number of rotatable bonds is 4. The van der Waals surface area contributed by atoms with Gasteiger partial charge in [-0.2, -0.15) is 0 Å². The number of aromatic nitrogens is 4. The van der Waals surface area contributed by atoms with E-state index in [0.717, 1.165) is 48.6 Å². The number of benzene rings is 1. The topological polar surface area (TPSA) is 72.7 Å². The van der Waals surface area contributed by atoms with Crippen LogP contribution in [0.1, 0.15) is 34.3 Å². The zero-order chi connectivity index (χ0) is 15.6. The van der Waals surface area contributed by atoms with Crippen molar-refractivity contribution in [1.29, 1.82) is 0 Å². The number of hydrogen-bond donors (Lipinski definition) is 1. The average molecular weight is 327 g/mol. The van der Waals surface area contributed by atoms with Gasteiger partial charge in [0.15, 0.2) is 0 Å². The van der Waals surface area contributed by atoms with Gasteiger partial charge in [-0.3, -0.25) is 4.79 Å². The Morgan fingerprint density at radius 1 is 1.26 bits per heavy atom.